The zero-order chi connectivity index (χ0) is 22.0. The Morgan fingerprint density at radius 1 is 0.903 bits per heavy atom. The molecule has 1 aliphatic rings. The van der Waals surface area contributed by atoms with Crippen LogP contribution >= 0.6 is 0 Å². The molecule has 0 saturated carbocycles. The minimum Gasteiger partial charge on any atom is -0.322 e. The Balaban J connectivity index is 1.49. The molecule has 7 nitrogen and oxygen atoms in total. The van der Waals surface area contributed by atoms with Crippen molar-refractivity contribution in [2.24, 2.45) is 0 Å². The summed E-state index contributed by atoms with van der Waals surface area (Å²) in [6, 6.07) is 20.4. The van der Waals surface area contributed by atoms with Crippen molar-refractivity contribution in [2.75, 3.05) is 23.8 Å². The van der Waals surface area contributed by atoms with E-state index in [2.05, 4.69) is 10.0 Å². The fraction of sp³-hybridized carbons (Fsp3) is 0.130. The monoisotopic (exact) mass is 435 g/mol. The van der Waals surface area contributed by atoms with Crippen molar-refractivity contribution >= 4 is 33.2 Å². The lowest BCUT2D eigenvalue weighted by Crippen LogP contribution is -2.28. The Labute approximate surface area is 180 Å². The number of nitrogens with zero attached hydrogens (tertiary/aromatic N) is 1. The molecule has 1 aliphatic heterocycles. The van der Waals surface area contributed by atoms with Gasteiger partial charge in [-0.2, -0.15) is 0 Å². The molecule has 31 heavy (non-hydrogen) atoms. The molecule has 4 rings (SSSR count). The van der Waals surface area contributed by atoms with Crippen molar-refractivity contribution in [2.45, 2.75) is 11.3 Å². The molecule has 0 aromatic heterocycles. The lowest BCUT2D eigenvalue weighted by molar-refractivity contribution is 0.0988. The van der Waals surface area contributed by atoms with Crippen LogP contribution in [0.1, 0.15) is 26.3 Å². The zero-order valence-corrected chi connectivity index (χ0v) is 17.6. The van der Waals surface area contributed by atoms with Gasteiger partial charge in [-0.15, -0.1) is 0 Å². The molecule has 0 radical (unpaired) electrons. The van der Waals surface area contributed by atoms with E-state index >= 15 is 0 Å². The van der Waals surface area contributed by atoms with Gasteiger partial charge in [-0.3, -0.25) is 9.59 Å². The Bertz CT molecular complexity index is 1240. The second-order valence-electron chi connectivity index (χ2n) is 7.10. The molecule has 3 aromatic rings. The van der Waals surface area contributed by atoms with Crippen LogP contribution in [0, 0.1) is 0 Å². The van der Waals surface area contributed by atoms with Crippen LogP contribution in [-0.4, -0.2) is 33.8 Å². The molecule has 0 bridgehead atoms. The average Bonchev–Trinajstić information content (AvgIpc) is 3.23. The Morgan fingerprint density at radius 3 is 2.29 bits per heavy atom. The topological polar surface area (TPSA) is 95.6 Å². The highest BCUT2D eigenvalue weighted by Gasteiger charge is 2.27. The summed E-state index contributed by atoms with van der Waals surface area (Å²) < 4.78 is 26.3. The lowest BCUT2D eigenvalue weighted by atomic mass is 10.1. The maximum Gasteiger partial charge on any atom is 0.258 e. The number of amides is 2. The largest absolute Gasteiger partial charge is 0.322 e. The van der Waals surface area contributed by atoms with E-state index in [9.17, 15) is 18.0 Å². The molecule has 0 aliphatic carbocycles. The van der Waals surface area contributed by atoms with Crippen molar-refractivity contribution in [3.63, 3.8) is 0 Å². The summed E-state index contributed by atoms with van der Waals surface area (Å²) in [4.78, 5) is 27.1. The highest BCUT2D eigenvalue weighted by molar-refractivity contribution is 7.89. The average molecular weight is 436 g/mol. The summed E-state index contributed by atoms with van der Waals surface area (Å²) in [5.41, 5.74) is 3.15. The Morgan fingerprint density at radius 2 is 1.61 bits per heavy atom. The predicted octanol–water partition coefficient (Wildman–Crippen LogP) is 3.05. The van der Waals surface area contributed by atoms with Crippen molar-refractivity contribution in [1.29, 1.82) is 0 Å². The first kappa shape index (κ1) is 20.8. The molecule has 0 spiro atoms. The Kier molecular flexibility index (Phi) is 5.58. The third-order valence-electron chi connectivity index (χ3n) is 5.20. The van der Waals surface area contributed by atoms with Crippen molar-refractivity contribution in [3.05, 3.63) is 89.5 Å². The number of hydrogen-bond donors (Lipinski definition) is 2. The summed E-state index contributed by atoms with van der Waals surface area (Å²) in [5, 5.41) is 2.81. The maximum atomic E-state index is 13.0. The van der Waals surface area contributed by atoms with Crippen LogP contribution in [0.5, 0.6) is 0 Å². The number of fused-ring (bicyclic) bond motifs is 1. The van der Waals surface area contributed by atoms with Gasteiger partial charge in [0.1, 0.15) is 0 Å². The van der Waals surface area contributed by atoms with Crippen LogP contribution in [0.25, 0.3) is 0 Å². The van der Waals surface area contributed by atoms with Crippen LogP contribution in [0.2, 0.25) is 0 Å². The third kappa shape index (κ3) is 4.21. The number of carbonyl (C=O) groups is 2. The fourth-order valence-electron chi connectivity index (χ4n) is 3.52. The quantitative estimate of drug-likeness (QED) is 0.644. The number of benzene rings is 3. The second kappa shape index (κ2) is 8.33. The zero-order valence-electron chi connectivity index (χ0n) is 16.8. The first-order valence-corrected chi connectivity index (χ1v) is 11.2. The molecule has 8 heteroatoms. The summed E-state index contributed by atoms with van der Waals surface area (Å²) >= 11 is 0. The standard InChI is InChI=1S/C23H21N3O4S/c1-24-31(29,30)20-11-12-21-18(15-20)13-14-26(21)23(28)17-7-9-19(10-8-17)25-22(27)16-5-3-2-4-6-16/h2-12,15,24H,13-14H2,1H3,(H,25,27). The van der Waals surface area contributed by atoms with Gasteiger partial charge in [-0.05, 0) is 73.6 Å². The van der Waals surface area contributed by atoms with E-state index in [0.717, 1.165) is 5.56 Å². The molecule has 0 atom stereocenters. The number of rotatable bonds is 5. The minimum atomic E-state index is -3.53. The van der Waals surface area contributed by atoms with Crippen LogP contribution < -0.4 is 14.9 Å². The molecule has 0 fully saturated rings. The van der Waals surface area contributed by atoms with E-state index in [4.69, 9.17) is 0 Å². The first-order chi connectivity index (χ1) is 14.9. The molecule has 1 heterocycles. The van der Waals surface area contributed by atoms with Gasteiger partial charge in [0.2, 0.25) is 10.0 Å². The number of carbonyl (C=O) groups excluding carboxylic acids is 2. The summed E-state index contributed by atoms with van der Waals surface area (Å²) in [5.74, 6) is -0.399. The van der Waals surface area contributed by atoms with Crippen LogP contribution in [0.3, 0.4) is 0 Å². The van der Waals surface area contributed by atoms with E-state index in [0.29, 0.717) is 35.5 Å². The summed E-state index contributed by atoms with van der Waals surface area (Å²) in [6.45, 7) is 0.476. The first-order valence-electron chi connectivity index (χ1n) is 9.74. The maximum absolute atomic E-state index is 13.0. The molecule has 0 saturated heterocycles. The van der Waals surface area contributed by atoms with Crippen LogP contribution in [0.15, 0.2) is 77.7 Å². The van der Waals surface area contributed by atoms with Gasteiger partial charge < -0.3 is 10.2 Å². The van der Waals surface area contributed by atoms with Gasteiger partial charge in [-0.25, -0.2) is 13.1 Å². The molecule has 2 amide bonds. The summed E-state index contributed by atoms with van der Waals surface area (Å²) in [7, 11) is -2.17. The number of anilines is 2. The SMILES string of the molecule is CNS(=O)(=O)c1ccc2c(c1)CCN2C(=O)c1ccc(NC(=O)c2ccccc2)cc1. The van der Waals surface area contributed by atoms with Crippen molar-refractivity contribution in [1.82, 2.24) is 4.72 Å². The normalized spacial score (nSPS) is 13.0. The summed E-state index contributed by atoms with van der Waals surface area (Å²) in [6.07, 6.45) is 0.583. The van der Waals surface area contributed by atoms with Crippen LogP contribution in [0.4, 0.5) is 11.4 Å². The van der Waals surface area contributed by atoms with E-state index in [1.165, 1.54) is 13.1 Å². The van der Waals surface area contributed by atoms with Crippen LogP contribution in [-0.2, 0) is 16.4 Å². The molecular formula is C23H21N3O4S. The molecule has 0 unspecified atom stereocenters. The van der Waals surface area contributed by atoms with Gasteiger partial charge in [0, 0.05) is 29.0 Å². The highest BCUT2D eigenvalue weighted by Crippen LogP contribution is 2.31. The minimum absolute atomic E-state index is 0.177. The van der Waals surface area contributed by atoms with E-state index in [-0.39, 0.29) is 16.7 Å². The fourth-order valence-corrected chi connectivity index (χ4v) is 4.30. The highest BCUT2D eigenvalue weighted by atomic mass is 32.2. The number of hydrogen-bond acceptors (Lipinski definition) is 4. The third-order valence-corrected chi connectivity index (χ3v) is 6.61. The smallest absolute Gasteiger partial charge is 0.258 e. The molecule has 2 N–H and O–H groups in total. The molecule has 3 aromatic carbocycles. The second-order valence-corrected chi connectivity index (χ2v) is 8.99. The van der Waals surface area contributed by atoms with E-state index in [1.807, 2.05) is 6.07 Å². The van der Waals surface area contributed by atoms with Gasteiger partial charge in [0.15, 0.2) is 0 Å². The van der Waals surface area contributed by atoms with Gasteiger partial charge in [-0.1, -0.05) is 18.2 Å². The van der Waals surface area contributed by atoms with Gasteiger partial charge in [0.25, 0.3) is 11.8 Å². The van der Waals surface area contributed by atoms with E-state index < -0.39 is 10.0 Å². The molecule has 158 valence electrons. The number of nitrogens with one attached hydrogen (secondary N) is 2. The van der Waals surface area contributed by atoms with Gasteiger partial charge in [0.05, 0.1) is 4.90 Å². The number of sulfonamides is 1. The van der Waals surface area contributed by atoms with Crippen molar-refractivity contribution in [3.8, 4) is 0 Å². The van der Waals surface area contributed by atoms with Crippen molar-refractivity contribution < 1.29 is 18.0 Å². The van der Waals surface area contributed by atoms with Gasteiger partial charge >= 0.3 is 0 Å². The predicted molar refractivity (Wildman–Crippen MR) is 119 cm³/mol. The Hall–Kier alpha value is -3.49. The molecular weight excluding hydrogens is 414 g/mol. The lowest BCUT2D eigenvalue weighted by Gasteiger charge is -2.18. The van der Waals surface area contributed by atoms with E-state index in [1.54, 1.807) is 65.6 Å².